The topological polar surface area (TPSA) is 119 Å². The Bertz CT molecular complexity index is 355. The van der Waals surface area contributed by atoms with E-state index in [4.69, 9.17) is 14.9 Å². The third-order valence-corrected chi connectivity index (χ3v) is 3.06. The molecule has 8 heteroatoms. The van der Waals surface area contributed by atoms with Crippen LogP contribution < -0.4 is 0 Å². The minimum Gasteiger partial charge on any atom is -0.450 e. The molecule has 0 aliphatic rings. The van der Waals surface area contributed by atoms with Crippen LogP contribution in [0.4, 0.5) is 9.59 Å². The molecular formula is C15H26O8. The minimum absolute atomic E-state index is 0.174. The van der Waals surface area contributed by atoms with Gasteiger partial charge in [0.25, 0.3) is 6.29 Å². The van der Waals surface area contributed by atoms with Crippen LogP contribution >= 0.6 is 0 Å². The molecule has 1 unspecified atom stereocenters. The van der Waals surface area contributed by atoms with Gasteiger partial charge in [-0.2, -0.15) is 0 Å². The second-order valence-corrected chi connectivity index (χ2v) is 5.08. The summed E-state index contributed by atoms with van der Waals surface area (Å²) < 4.78 is 13.5. The van der Waals surface area contributed by atoms with E-state index in [1.165, 1.54) is 19.3 Å². The van der Waals surface area contributed by atoms with Crippen LogP contribution in [-0.4, -0.2) is 41.4 Å². The van der Waals surface area contributed by atoms with Gasteiger partial charge in [0.2, 0.25) is 0 Å². The minimum atomic E-state index is -1.60. The number of hydrogen-bond donors (Lipinski definition) is 2. The first-order valence-corrected chi connectivity index (χ1v) is 7.90. The van der Waals surface area contributed by atoms with E-state index in [9.17, 15) is 14.4 Å². The highest BCUT2D eigenvalue weighted by Gasteiger charge is 2.19. The Morgan fingerprint density at radius 1 is 0.870 bits per heavy atom. The second kappa shape index (κ2) is 13.7. The monoisotopic (exact) mass is 334 g/mol. The summed E-state index contributed by atoms with van der Waals surface area (Å²) in [7, 11) is 0. The maximum atomic E-state index is 11.6. The number of carboxylic acid groups (broad SMARTS) is 2. The number of unbranched alkanes of at least 4 members (excludes halogenated alkanes) is 6. The van der Waals surface area contributed by atoms with E-state index in [0.29, 0.717) is 6.42 Å². The standard InChI is InChI=1S/C15H26O8/c1-2-3-4-5-6-7-8-9-12(16)22-13(23-15(19)20)10-11-21-14(17)18/h13H,2-11H2,1H3,(H,17,18)(H,19,20). The summed E-state index contributed by atoms with van der Waals surface area (Å²) in [4.78, 5) is 32.3. The number of hydrogen-bond acceptors (Lipinski definition) is 6. The lowest BCUT2D eigenvalue weighted by molar-refractivity contribution is -0.172. The fourth-order valence-corrected chi connectivity index (χ4v) is 1.93. The summed E-state index contributed by atoms with van der Waals surface area (Å²) in [5, 5.41) is 16.9. The summed E-state index contributed by atoms with van der Waals surface area (Å²) in [5.41, 5.74) is 0. The highest BCUT2D eigenvalue weighted by molar-refractivity contribution is 5.69. The van der Waals surface area contributed by atoms with Gasteiger partial charge in [0.15, 0.2) is 0 Å². The average molecular weight is 334 g/mol. The van der Waals surface area contributed by atoms with Crippen molar-refractivity contribution in [1.29, 1.82) is 0 Å². The highest BCUT2D eigenvalue weighted by Crippen LogP contribution is 2.10. The maximum Gasteiger partial charge on any atom is 0.508 e. The lowest BCUT2D eigenvalue weighted by atomic mass is 10.1. The fourth-order valence-electron chi connectivity index (χ4n) is 1.93. The van der Waals surface area contributed by atoms with Crippen molar-refractivity contribution < 1.29 is 38.8 Å². The normalized spacial score (nSPS) is 11.5. The van der Waals surface area contributed by atoms with E-state index in [1.54, 1.807) is 0 Å². The van der Waals surface area contributed by atoms with Crippen molar-refractivity contribution >= 4 is 18.3 Å². The number of esters is 1. The molecule has 0 aliphatic heterocycles. The quantitative estimate of drug-likeness (QED) is 0.297. The van der Waals surface area contributed by atoms with E-state index < -0.39 is 24.6 Å². The average Bonchev–Trinajstić information content (AvgIpc) is 2.45. The Hall–Kier alpha value is -1.99. The molecule has 0 bridgehead atoms. The molecule has 0 aliphatic carbocycles. The summed E-state index contributed by atoms with van der Waals surface area (Å²) in [5.74, 6) is -0.569. The van der Waals surface area contributed by atoms with E-state index >= 15 is 0 Å². The largest absolute Gasteiger partial charge is 0.508 e. The van der Waals surface area contributed by atoms with Crippen molar-refractivity contribution in [2.75, 3.05) is 6.61 Å². The highest BCUT2D eigenvalue weighted by atomic mass is 16.8. The van der Waals surface area contributed by atoms with Gasteiger partial charge >= 0.3 is 18.3 Å². The first kappa shape index (κ1) is 21.0. The van der Waals surface area contributed by atoms with Crippen molar-refractivity contribution in [1.82, 2.24) is 0 Å². The van der Waals surface area contributed by atoms with E-state index in [-0.39, 0.29) is 19.4 Å². The first-order valence-electron chi connectivity index (χ1n) is 7.90. The van der Waals surface area contributed by atoms with E-state index in [1.807, 2.05) is 0 Å². The molecule has 2 N–H and O–H groups in total. The Balaban J connectivity index is 3.88. The lowest BCUT2D eigenvalue weighted by Crippen LogP contribution is -2.25. The number of rotatable bonds is 13. The molecule has 0 amide bonds. The molecule has 0 saturated carbocycles. The molecule has 0 aromatic heterocycles. The first-order chi connectivity index (χ1) is 11.0. The van der Waals surface area contributed by atoms with Gasteiger partial charge in [-0.3, -0.25) is 4.79 Å². The van der Waals surface area contributed by atoms with Crippen LogP contribution in [0.1, 0.15) is 64.7 Å². The molecule has 0 fully saturated rings. The van der Waals surface area contributed by atoms with Crippen molar-refractivity contribution in [2.45, 2.75) is 71.0 Å². The summed E-state index contributed by atoms with van der Waals surface area (Å²) in [6, 6.07) is 0. The molecule has 0 radical (unpaired) electrons. The molecule has 8 nitrogen and oxygen atoms in total. The number of carbonyl (C=O) groups is 3. The zero-order valence-electron chi connectivity index (χ0n) is 13.5. The molecule has 0 saturated heterocycles. The Morgan fingerprint density at radius 2 is 1.48 bits per heavy atom. The van der Waals surface area contributed by atoms with E-state index in [0.717, 1.165) is 19.3 Å². The molecule has 0 aromatic rings. The molecule has 1 atom stereocenters. The predicted molar refractivity (Wildman–Crippen MR) is 80.2 cm³/mol. The smallest absolute Gasteiger partial charge is 0.450 e. The van der Waals surface area contributed by atoms with Gasteiger partial charge in [-0.25, -0.2) is 9.59 Å². The van der Waals surface area contributed by atoms with Gasteiger partial charge in [0.1, 0.15) is 6.61 Å². The third-order valence-electron chi connectivity index (χ3n) is 3.06. The Kier molecular flexibility index (Phi) is 12.5. The second-order valence-electron chi connectivity index (χ2n) is 5.08. The third kappa shape index (κ3) is 14.7. The molecule has 134 valence electrons. The van der Waals surface area contributed by atoms with Gasteiger partial charge in [-0.1, -0.05) is 45.4 Å². The van der Waals surface area contributed by atoms with Crippen molar-refractivity contribution in [3.63, 3.8) is 0 Å². The summed E-state index contributed by atoms with van der Waals surface area (Å²) >= 11 is 0. The van der Waals surface area contributed by atoms with Crippen LogP contribution in [0.3, 0.4) is 0 Å². The Morgan fingerprint density at radius 3 is 2.04 bits per heavy atom. The van der Waals surface area contributed by atoms with Crippen molar-refractivity contribution in [2.24, 2.45) is 0 Å². The van der Waals surface area contributed by atoms with Gasteiger partial charge in [0, 0.05) is 6.42 Å². The number of carbonyl (C=O) groups excluding carboxylic acids is 1. The van der Waals surface area contributed by atoms with Crippen LogP contribution in [0, 0.1) is 0 Å². The zero-order valence-corrected chi connectivity index (χ0v) is 13.5. The summed E-state index contributed by atoms with van der Waals surface area (Å²) in [6.07, 6.45) is 2.90. The van der Waals surface area contributed by atoms with Gasteiger partial charge in [0.05, 0.1) is 6.42 Å². The number of ether oxygens (including phenoxy) is 3. The van der Waals surface area contributed by atoms with Gasteiger partial charge in [-0.05, 0) is 6.42 Å². The molecule has 0 spiro atoms. The lowest BCUT2D eigenvalue weighted by Gasteiger charge is -2.16. The zero-order chi connectivity index (χ0) is 17.5. The van der Waals surface area contributed by atoms with Crippen LogP contribution in [0.5, 0.6) is 0 Å². The SMILES string of the molecule is CCCCCCCCCC(=O)OC(CCOC(=O)O)OC(=O)O. The van der Waals surface area contributed by atoms with E-state index in [2.05, 4.69) is 16.4 Å². The van der Waals surface area contributed by atoms with Crippen LogP contribution in [0.25, 0.3) is 0 Å². The van der Waals surface area contributed by atoms with Crippen LogP contribution in [0.15, 0.2) is 0 Å². The van der Waals surface area contributed by atoms with Crippen LogP contribution in [-0.2, 0) is 19.0 Å². The van der Waals surface area contributed by atoms with Crippen molar-refractivity contribution in [3.05, 3.63) is 0 Å². The fraction of sp³-hybridized carbons (Fsp3) is 0.800. The van der Waals surface area contributed by atoms with Gasteiger partial charge in [-0.15, -0.1) is 0 Å². The molecule has 0 rings (SSSR count). The molecular weight excluding hydrogens is 308 g/mol. The predicted octanol–water partition coefficient (Wildman–Crippen LogP) is 3.78. The van der Waals surface area contributed by atoms with Gasteiger partial charge < -0.3 is 24.4 Å². The molecule has 0 aromatic carbocycles. The Labute approximate surface area is 135 Å². The molecule has 23 heavy (non-hydrogen) atoms. The van der Waals surface area contributed by atoms with Crippen LogP contribution in [0.2, 0.25) is 0 Å². The molecule has 0 heterocycles. The van der Waals surface area contributed by atoms with Crippen molar-refractivity contribution in [3.8, 4) is 0 Å². The maximum absolute atomic E-state index is 11.6. The summed E-state index contributed by atoms with van der Waals surface area (Å²) in [6.45, 7) is 1.82.